The number of hydrogen-bond acceptors (Lipinski definition) is 4. The van der Waals surface area contributed by atoms with Crippen molar-refractivity contribution in [2.75, 3.05) is 22.1 Å². The van der Waals surface area contributed by atoms with E-state index in [-0.39, 0.29) is 29.5 Å². The summed E-state index contributed by atoms with van der Waals surface area (Å²) in [5.74, 6) is -0.719. The van der Waals surface area contributed by atoms with Crippen LogP contribution in [0.25, 0.3) is 0 Å². The molecule has 3 amide bonds. The summed E-state index contributed by atoms with van der Waals surface area (Å²) in [7, 11) is -3.09. The Morgan fingerprint density at radius 2 is 1.57 bits per heavy atom. The molecule has 0 bridgehead atoms. The van der Waals surface area contributed by atoms with Crippen molar-refractivity contribution in [3.8, 4) is 0 Å². The van der Waals surface area contributed by atoms with Gasteiger partial charge in [0.05, 0.1) is 23.5 Å². The van der Waals surface area contributed by atoms with Gasteiger partial charge in [0.2, 0.25) is 5.91 Å². The summed E-state index contributed by atoms with van der Waals surface area (Å²) in [6.45, 7) is 1.84. The van der Waals surface area contributed by atoms with Crippen molar-refractivity contribution in [2.24, 2.45) is 5.92 Å². The van der Waals surface area contributed by atoms with Gasteiger partial charge in [0, 0.05) is 11.4 Å². The first-order valence-electron chi connectivity index (χ1n) is 9.06. The SMILES string of the molecule is CC(NC(=O)C1CCS(=O)(=O)C1)c1ccc(NC(=O)Nc2ccccc2)cc1. The van der Waals surface area contributed by atoms with Crippen molar-refractivity contribution in [3.63, 3.8) is 0 Å². The van der Waals surface area contributed by atoms with E-state index >= 15 is 0 Å². The van der Waals surface area contributed by atoms with Gasteiger partial charge in [0.25, 0.3) is 0 Å². The highest BCUT2D eigenvalue weighted by atomic mass is 32.2. The monoisotopic (exact) mass is 401 g/mol. The molecule has 3 N–H and O–H groups in total. The Hall–Kier alpha value is -2.87. The first kappa shape index (κ1) is 19.9. The third-order valence-corrected chi connectivity index (χ3v) is 6.43. The highest BCUT2D eigenvalue weighted by molar-refractivity contribution is 7.91. The molecule has 0 aliphatic carbocycles. The van der Waals surface area contributed by atoms with Crippen molar-refractivity contribution in [2.45, 2.75) is 19.4 Å². The topological polar surface area (TPSA) is 104 Å². The maximum Gasteiger partial charge on any atom is 0.323 e. The molecule has 2 aromatic rings. The fraction of sp³-hybridized carbons (Fsp3) is 0.300. The summed E-state index contributed by atoms with van der Waals surface area (Å²) < 4.78 is 23.0. The molecule has 0 saturated carbocycles. The first-order valence-corrected chi connectivity index (χ1v) is 10.9. The lowest BCUT2D eigenvalue weighted by Crippen LogP contribution is -2.33. The Bertz CT molecular complexity index is 943. The summed E-state index contributed by atoms with van der Waals surface area (Å²) in [6.07, 6.45) is 0.375. The molecular weight excluding hydrogens is 378 g/mol. The third-order valence-electron chi connectivity index (χ3n) is 4.66. The second-order valence-corrected chi connectivity index (χ2v) is 9.13. The first-order chi connectivity index (χ1) is 13.3. The molecule has 2 atom stereocenters. The van der Waals surface area contributed by atoms with E-state index in [1.54, 1.807) is 24.3 Å². The predicted molar refractivity (Wildman–Crippen MR) is 109 cm³/mol. The summed E-state index contributed by atoms with van der Waals surface area (Å²) in [5, 5.41) is 8.35. The highest BCUT2D eigenvalue weighted by Gasteiger charge is 2.33. The summed E-state index contributed by atoms with van der Waals surface area (Å²) >= 11 is 0. The molecule has 0 aromatic heterocycles. The van der Waals surface area contributed by atoms with Crippen LogP contribution in [0.2, 0.25) is 0 Å². The summed E-state index contributed by atoms with van der Waals surface area (Å²) in [4.78, 5) is 24.3. The van der Waals surface area contributed by atoms with Crippen molar-refractivity contribution < 1.29 is 18.0 Å². The average Bonchev–Trinajstić information content (AvgIpc) is 3.03. The number of carbonyl (C=O) groups is 2. The fourth-order valence-corrected chi connectivity index (χ4v) is 4.83. The lowest BCUT2D eigenvalue weighted by Gasteiger charge is -2.17. The van der Waals surface area contributed by atoms with Gasteiger partial charge in [-0.25, -0.2) is 13.2 Å². The van der Waals surface area contributed by atoms with Gasteiger partial charge >= 0.3 is 6.03 Å². The molecule has 2 unspecified atom stereocenters. The Balaban J connectivity index is 1.53. The number of urea groups is 1. The van der Waals surface area contributed by atoms with Gasteiger partial charge < -0.3 is 16.0 Å². The largest absolute Gasteiger partial charge is 0.349 e. The molecule has 1 aliphatic heterocycles. The molecule has 28 heavy (non-hydrogen) atoms. The number of para-hydroxylation sites is 1. The van der Waals surface area contributed by atoms with Crippen LogP contribution in [0.1, 0.15) is 24.9 Å². The minimum Gasteiger partial charge on any atom is -0.349 e. The van der Waals surface area contributed by atoms with Crippen LogP contribution in [0.5, 0.6) is 0 Å². The Morgan fingerprint density at radius 3 is 2.14 bits per heavy atom. The van der Waals surface area contributed by atoms with Crippen LogP contribution in [0.3, 0.4) is 0 Å². The summed E-state index contributed by atoms with van der Waals surface area (Å²) in [6, 6.07) is 15.7. The molecule has 148 valence electrons. The van der Waals surface area contributed by atoms with Crippen LogP contribution in [0.15, 0.2) is 54.6 Å². The van der Waals surface area contributed by atoms with Gasteiger partial charge in [0.15, 0.2) is 9.84 Å². The van der Waals surface area contributed by atoms with Gasteiger partial charge in [-0.1, -0.05) is 30.3 Å². The van der Waals surface area contributed by atoms with Crippen molar-refractivity contribution >= 4 is 33.2 Å². The van der Waals surface area contributed by atoms with E-state index < -0.39 is 15.8 Å². The minimum atomic E-state index is -3.09. The Morgan fingerprint density at radius 1 is 0.964 bits per heavy atom. The van der Waals surface area contributed by atoms with Gasteiger partial charge in [-0.05, 0) is 43.2 Å². The van der Waals surface area contributed by atoms with Crippen LogP contribution >= 0.6 is 0 Å². The number of carbonyl (C=O) groups excluding carboxylic acids is 2. The molecule has 1 saturated heterocycles. The van der Waals surface area contributed by atoms with Gasteiger partial charge in [-0.15, -0.1) is 0 Å². The van der Waals surface area contributed by atoms with E-state index in [9.17, 15) is 18.0 Å². The number of sulfone groups is 1. The third kappa shape index (κ3) is 5.32. The zero-order valence-corrected chi connectivity index (χ0v) is 16.3. The molecule has 2 aromatic carbocycles. The minimum absolute atomic E-state index is 0.0743. The Kier molecular flexibility index (Phi) is 5.99. The zero-order valence-electron chi connectivity index (χ0n) is 15.5. The van der Waals surface area contributed by atoms with Crippen molar-refractivity contribution in [1.29, 1.82) is 0 Å². The smallest absolute Gasteiger partial charge is 0.323 e. The summed E-state index contributed by atoms with van der Waals surface area (Å²) in [5.41, 5.74) is 2.18. The normalized spacial score (nSPS) is 18.8. The van der Waals surface area contributed by atoms with E-state index in [1.807, 2.05) is 37.3 Å². The van der Waals surface area contributed by atoms with Crippen molar-refractivity contribution in [1.82, 2.24) is 5.32 Å². The maximum absolute atomic E-state index is 12.3. The number of anilines is 2. The van der Waals surface area contributed by atoms with Crippen LogP contribution in [-0.4, -0.2) is 31.9 Å². The maximum atomic E-state index is 12.3. The zero-order chi connectivity index (χ0) is 20.1. The molecule has 3 rings (SSSR count). The molecule has 8 heteroatoms. The molecule has 0 radical (unpaired) electrons. The molecular formula is C20H23N3O4S. The van der Waals surface area contributed by atoms with Crippen LogP contribution in [0.4, 0.5) is 16.2 Å². The van der Waals surface area contributed by atoms with E-state index in [0.717, 1.165) is 5.56 Å². The van der Waals surface area contributed by atoms with E-state index in [2.05, 4.69) is 16.0 Å². The van der Waals surface area contributed by atoms with Crippen LogP contribution in [0, 0.1) is 5.92 Å². The quantitative estimate of drug-likeness (QED) is 0.716. The second kappa shape index (κ2) is 8.43. The second-order valence-electron chi connectivity index (χ2n) is 6.90. The van der Waals surface area contributed by atoms with Gasteiger partial charge in [-0.2, -0.15) is 0 Å². The fourth-order valence-electron chi connectivity index (χ4n) is 3.09. The number of amides is 3. The van der Waals surface area contributed by atoms with E-state index in [4.69, 9.17) is 0 Å². The Labute approximate surface area is 164 Å². The average molecular weight is 401 g/mol. The van der Waals surface area contributed by atoms with Crippen LogP contribution in [-0.2, 0) is 14.6 Å². The van der Waals surface area contributed by atoms with Crippen LogP contribution < -0.4 is 16.0 Å². The molecule has 7 nitrogen and oxygen atoms in total. The molecule has 1 heterocycles. The molecule has 1 aliphatic rings. The number of hydrogen-bond donors (Lipinski definition) is 3. The van der Waals surface area contributed by atoms with Gasteiger partial charge in [-0.3, -0.25) is 4.79 Å². The lowest BCUT2D eigenvalue weighted by atomic mass is 10.0. The standard InChI is InChI=1S/C20H23N3O4S/c1-14(21-19(24)16-11-12-28(26,27)13-16)15-7-9-18(10-8-15)23-20(25)22-17-5-3-2-4-6-17/h2-10,14,16H,11-13H2,1H3,(H,21,24)(H2,22,23,25). The molecule has 0 spiro atoms. The highest BCUT2D eigenvalue weighted by Crippen LogP contribution is 2.21. The van der Waals surface area contributed by atoms with E-state index in [0.29, 0.717) is 17.8 Å². The predicted octanol–water partition coefficient (Wildman–Crippen LogP) is 2.94. The molecule has 1 fully saturated rings. The van der Waals surface area contributed by atoms with Gasteiger partial charge in [0.1, 0.15) is 0 Å². The van der Waals surface area contributed by atoms with E-state index in [1.165, 1.54) is 0 Å². The lowest BCUT2D eigenvalue weighted by molar-refractivity contribution is -0.124. The number of nitrogens with one attached hydrogen (secondary N) is 3. The van der Waals surface area contributed by atoms with Crippen molar-refractivity contribution in [3.05, 3.63) is 60.2 Å². The number of benzene rings is 2. The number of rotatable bonds is 5.